The number of hydrogen-bond donors (Lipinski definition) is 0. The third kappa shape index (κ3) is 2.60. The average Bonchev–Trinajstić information content (AvgIpc) is 3.15. The zero-order valence-electron chi connectivity index (χ0n) is 16.7. The molecule has 3 nitrogen and oxygen atoms in total. The molecule has 28 heavy (non-hydrogen) atoms. The van der Waals surface area contributed by atoms with Gasteiger partial charge in [-0.25, -0.2) is 0 Å². The van der Waals surface area contributed by atoms with Crippen molar-refractivity contribution in [2.75, 3.05) is 0 Å². The van der Waals surface area contributed by atoms with Gasteiger partial charge in [0, 0.05) is 10.8 Å². The largest absolute Gasteiger partial charge is 0.495 e. The Labute approximate surface area is 165 Å². The molecule has 0 atom stereocenters. The molecule has 4 heteroatoms. The molecule has 5 rings (SSSR count). The topological polar surface area (TPSA) is 31.6 Å². The highest BCUT2D eigenvalue weighted by molar-refractivity contribution is 6.66. The molecule has 0 N–H and O–H groups in total. The van der Waals surface area contributed by atoms with Gasteiger partial charge in [0.25, 0.3) is 0 Å². The predicted molar refractivity (Wildman–Crippen MR) is 115 cm³/mol. The van der Waals surface area contributed by atoms with E-state index in [-0.39, 0.29) is 0 Å². The van der Waals surface area contributed by atoms with Crippen LogP contribution >= 0.6 is 0 Å². The molecule has 0 amide bonds. The average molecular weight is 370 g/mol. The van der Waals surface area contributed by atoms with Gasteiger partial charge in [0.2, 0.25) is 0 Å². The molecular weight excluding hydrogens is 347 g/mol. The number of fused-ring (bicyclic) bond motifs is 3. The number of furan rings is 1. The summed E-state index contributed by atoms with van der Waals surface area (Å²) in [4.78, 5) is 0. The van der Waals surface area contributed by atoms with Crippen LogP contribution < -0.4 is 5.46 Å². The van der Waals surface area contributed by atoms with E-state index in [2.05, 4.69) is 58.0 Å². The van der Waals surface area contributed by atoms with Gasteiger partial charge >= 0.3 is 7.12 Å². The van der Waals surface area contributed by atoms with Crippen molar-refractivity contribution in [1.82, 2.24) is 0 Å². The Morgan fingerprint density at radius 3 is 2.04 bits per heavy atom. The standard InChI is InChI=1S/C24H23BO3/c1-23(2)24(3,4)28-25(27-23)19-14-17(16-10-6-5-7-11-16)15-21-22(19)18-12-8-9-13-20(18)26-21/h5-15H,1-4H3. The lowest BCUT2D eigenvalue weighted by atomic mass is 9.75. The molecule has 0 aliphatic carbocycles. The van der Waals surface area contributed by atoms with Gasteiger partial charge in [-0.05, 0) is 56.4 Å². The van der Waals surface area contributed by atoms with Gasteiger partial charge in [-0.15, -0.1) is 0 Å². The van der Waals surface area contributed by atoms with Gasteiger partial charge in [0.15, 0.2) is 0 Å². The summed E-state index contributed by atoms with van der Waals surface area (Å²) in [6.45, 7) is 8.33. The first-order valence-electron chi connectivity index (χ1n) is 9.72. The van der Waals surface area contributed by atoms with Crippen LogP contribution in [0.3, 0.4) is 0 Å². The maximum atomic E-state index is 6.40. The van der Waals surface area contributed by atoms with Gasteiger partial charge in [0.1, 0.15) is 11.2 Å². The van der Waals surface area contributed by atoms with Crippen LogP contribution in [-0.4, -0.2) is 18.3 Å². The Bertz CT molecular complexity index is 1160. The van der Waals surface area contributed by atoms with E-state index >= 15 is 0 Å². The fourth-order valence-electron chi connectivity index (χ4n) is 3.84. The maximum Gasteiger partial charge on any atom is 0.495 e. The molecule has 1 fully saturated rings. The fourth-order valence-corrected chi connectivity index (χ4v) is 3.84. The highest BCUT2D eigenvalue weighted by atomic mass is 16.7. The maximum absolute atomic E-state index is 6.40. The molecule has 140 valence electrons. The Morgan fingerprint density at radius 1 is 0.679 bits per heavy atom. The van der Waals surface area contributed by atoms with E-state index in [4.69, 9.17) is 13.7 Å². The summed E-state index contributed by atoms with van der Waals surface area (Å²) in [6.07, 6.45) is 0. The van der Waals surface area contributed by atoms with Crippen LogP contribution in [0.1, 0.15) is 27.7 Å². The number of rotatable bonds is 2. The molecule has 1 aliphatic rings. The van der Waals surface area contributed by atoms with E-state index in [1.807, 2.05) is 36.4 Å². The van der Waals surface area contributed by atoms with E-state index in [1.54, 1.807) is 0 Å². The van der Waals surface area contributed by atoms with Gasteiger partial charge < -0.3 is 13.7 Å². The molecule has 1 saturated heterocycles. The smallest absolute Gasteiger partial charge is 0.456 e. The Hall–Kier alpha value is -2.56. The van der Waals surface area contributed by atoms with Gasteiger partial charge in [0.05, 0.1) is 11.2 Å². The lowest BCUT2D eigenvalue weighted by Crippen LogP contribution is -2.41. The monoisotopic (exact) mass is 370 g/mol. The minimum atomic E-state index is -0.447. The highest BCUT2D eigenvalue weighted by Gasteiger charge is 2.52. The summed E-state index contributed by atoms with van der Waals surface area (Å²) in [7, 11) is -0.447. The Morgan fingerprint density at radius 2 is 1.32 bits per heavy atom. The van der Waals surface area contributed by atoms with Crippen LogP contribution in [0.25, 0.3) is 33.1 Å². The van der Waals surface area contributed by atoms with Crippen molar-refractivity contribution in [3.63, 3.8) is 0 Å². The molecule has 4 aromatic rings. The third-order valence-corrected chi connectivity index (χ3v) is 6.12. The first-order valence-corrected chi connectivity index (χ1v) is 9.72. The van der Waals surface area contributed by atoms with Crippen LogP contribution in [0.4, 0.5) is 0 Å². The minimum Gasteiger partial charge on any atom is -0.456 e. The van der Waals surface area contributed by atoms with Crippen LogP contribution in [0.2, 0.25) is 0 Å². The molecule has 1 aliphatic heterocycles. The summed E-state index contributed by atoms with van der Waals surface area (Å²) < 4.78 is 19.0. The van der Waals surface area contributed by atoms with Crippen molar-refractivity contribution in [2.24, 2.45) is 0 Å². The molecule has 3 aromatic carbocycles. The normalized spacial score (nSPS) is 18.2. The minimum absolute atomic E-state index is 0.397. The van der Waals surface area contributed by atoms with Crippen molar-refractivity contribution in [3.05, 3.63) is 66.7 Å². The molecule has 0 radical (unpaired) electrons. The molecule has 0 bridgehead atoms. The summed E-state index contributed by atoms with van der Waals surface area (Å²) in [5, 5.41) is 2.15. The van der Waals surface area contributed by atoms with Crippen molar-refractivity contribution < 1.29 is 13.7 Å². The zero-order chi connectivity index (χ0) is 19.5. The van der Waals surface area contributed by atoms with Gasteiger partial charge in [-0.3, -0.25) is 0 Å². The van der Waals surface area contributed by atoms with Crippen LogP contribution in [0, 0.1) is 0 Å². The molecule has 2 heterocycles. The third-order valence-electron chi connectivity index (χ3n) is 6.12. The van der Waals surface area contributed by atoms with Crippen molar-refractivity contribution >= 4 is 34.5 Å². The second-order valence-corrected chi connectivity index (χ2v) is 8.49. The van der Waals surface area contributed by atoms with Crippen molar-refractivity contribution in [2.45, 2.75) is 38.9 Å². The Balaban J connectivity index is 1.78. The Kier molecular flexibility index (Phi) is 3.74. The van der Waals surface area contributed by atoms with Crippen LogP contribution in [0.15, 0.2) is 71.1 Å². The molecule has 0 spiro atoms. The number of para-hydroxylation sites is 1. The summed E-state index contributed by atoms with van der Waals surface area (Å²) in [5.41, 5.74) is 4.19. The predicted octanol–water partition coefficient (Wildman–Crippen LogP) is 5.55. The van der Waals surface area contributed by atoms with Crippen molar-refractivity contribution in [3.8, 4) is 11.1 Å². The fraction of sp³-hybridized carbons (Fsp3) is 0.250. The second-order valence-electron chi connectivity index (χ2n) is 8.49. The van der Waals surface area contributed by atoms with E-state index < -0.39 is 18.3 Å². The zero-order valence-corrected chi connectivity index (χ0v) is 16.7. The van der Waals surface area contributed by atoms with E-state index in [9.17, 15) is 0 Å². The summed E-state index contributed by atoms with van der Waals surface area (Å²) in [5.74, 6) is 0. The molecule has 1 aromatic heterocycles. The molecule has 0 saturated carbocycles. The lowest BCUT2D eigenvalue weighted by molar-refractivity contribution is 0.00578. The van der Waals surface area contributed by atoms with Crippen LogP contribution in [-0.2, 0) is 9.31 Å². The van der Waals surface area contributed by atoms with E-state index in [0.29, 0.717) is 0 Å². The number of hydrogen-bond acceptors (Lipinski definition) is 3. The van der Waals surface area contributed by atoms with Crippen molar-refractivity contribution in [1.29, 1.82) is 0 Å². The first kappa shape index (κ1) is 17.5. The summed E-state index contributed by atoms with van der Waals surface area (Å²) in [6, 6.07) is 22.8. The second kappa shape index (κ2) is 5.97. The number of benzene rings is 3. The van der Waals surface area contributed by atoms with Gasteiger partial charge in [-0.2, -0.15) is 0 Å². The van der Waals surface area contributed by atoms with Crippen LogP contribution in [0.5, 0.6) is 0 Å². The highest BCUT2D eigenvalue weighted by Crippen LogP contribution is 2.39. The van der Waals surface area contributed by atoms with E-state index in [1.165, 1.54) is 0 Å². The molecule has 0 unspecified atom stereocenters. The molecular formula is C24H23BO3. The quantitative estimate of drug-likeness (QED) is 0.434. The lowest BCUT2D eigenvalue weighted by Gasteiger charge is -2.32. The van der Waals surface area contributed by atoms with Gasteiger partial charge in [-0.1, -0.05) is 54.6 Å². The SMILES string of the molecule is CC1(C)OB(c2cc(-c3ccccc3)cc3oc4ccccc4c23)OC1(C)C. The summed E-state index contributed by atoms with van der Waals surface area (Å²) >= 11 is 0. The first-order chi connectivity index (χ1) is 13.4. The van der Waals surface area contributed by atoms with E-state index in [0.717, 1.165) is 38.5 Å².